The van der Waals surface area contributed by atoms with Crippen LogP contribution in [0, 0.1) is 6.92 Å². The van der Waals surface area contributed by atoms with Crippen LogP contribution in [0.4, 0.5) is 0 Å². The van der Waals surface area contributed by atoms with Crippen molar-refractivity contribution in [1.82, 2.24) is 4.31 Å². The molecule has 0 amide bonds. The maximum atomic E-state index is 12.2. The van der Waals surface area contributed by atoms with Gasteiger partial charge in [-0.2, -0.15) is 4.31 Å². The highest BCUT2D eigenvalue weighted by atomic mass is 32.2. The molecular weight excluding hydrogens is 294 g/mol. The van der Waals surface area contributed by atoms with Crippen molar-refractivity contribution in [3.63, 3.8) is 0 Å². The second-order valence-corrected chi connectivity index (χ2v) is 7.64. The summed E-state index contributed by atoms with van der Waals surface area (Å²) in [6.45, 7) is 2.62. The van der Waals surface area contributed by atoms with E-state index < -0.39 is 10.0 Å². The topological polar surface area (TPSA) is 46.6 Å². The van der Waals surface area contributed by atoms with Gasteiger partial charge in [0.2, 0.25) is 0 Å². The summed E-state index contributed by atoms with van der Waals surface area (Å²) in [5, 5.41) is 1.75. The fraction of sp³-hybridized carbons (Fsp3) is 0.286. The van der Waals surface area contributed by atoms with E-state index in [-0.39, 0.29) is 0 Å². The van der Waals surface area contributed by atoms with Gasteiger partial charge in [0.15, 0.2) is 0 Å². The second kappa shape index (κ2) is 6.39. The second-order valence-electron chi connectivity index (χ2n) is 4.42. The Labute approximate surface area is 123 Å². The predicted octanol–water partition coefficient (Wildman–Crippen LogP) is 2.76. The molecule has 0 aliphatic heterocycles. The molecule has 0 unspecified atom stereocenters. The maximum absolute atomic E-state index is 12.2. The van der Waals surface area contributed by atoms with E-state index in [1.54, 1.807) is 24.6 Å². The van der Waals surface area contributed by atoms with Crippen LogP contribution in [0.15, 0.2) is 46.0 Å². The van der Waals surface area contributed by atoms with Gasteiger partial charge < -0.3 is 4.74 Å². The number of likely N-dealkylation sites (N-methyl/N-ethyl adjacent to an activating group) is 1. The molecule has 0 atom stereocenters. The summed E-state index contributed by atoms with van der Waals surface area (Å²) in [4.78, 5) is 0. The van der Waals surface area contributed by atoms with Crippen molar-refractivity contribution in [2.75, 3.05) is 20.2 Å². The molecule has 1 aromatic carbocycles. The third kappa shape index (κ3) is 3.59. The average Bonchev–Trinajstić information content (AvgIpc) is 2.93. The van der Waals surface area contributed by atoms with Crippen molar-refractivity contribution in [2.45, 2.75) is 11.1 Å². The molecular formula is C14H17NO3S2. The first-order chi connectivity index (χ1) is 9.50. The van der Waals surface area contributed by atoms with Gasteiger partial charge in [-0.3, -0.25) is 0 Å². The van der Waals surface area contributed by atoms with E-state index in [0.717, 1.165) is 11.3 Å². The number of thiophene rings is 1. The van der Waals surface area contributed by atoms with Gasteiger partial charge in [0.05, 0.1) is 0 Å². The van der Waals surface area contributed by atoms with Crippen LogP contribution < -0.4 is 4.74 Å². The van der Waals surface area contributed by atoms with E-state index in [0.29, 0.717) is 17.4 Å². The summed E-state index contributed by atoms with van der Waals surface area (Å²) in [6.07, 6.45) is 0. The zero-order chi connectivity index (χ0) is 14.6. The molecule has 6 heteroatoms. The van der Waals surface area contributed by atoms with Crippen molar-refractivity contribution in [2.24, 2.45) is 0 Å². The van der Waals surface area contributed by atoms with Gasteiger partial charge in [-0.15, -0.1) is 11.3 Å². The molecule has 1 aromatic heterocycles. The molecule has 108 valence electrons. The molecule has 2 aromatic rings. The first kappa shape index (κ1) is 15.0. The molecule has 0 aliphatic rings. The number of benzene rings is 1. The summed E-state index contributed by atoms with van der Waals surface area (Å²) < 4.78 is 31.6. The Morgan fingerprint density at radius 1 is 1.25 bits per heavy atom. The minimum Gasteiger partial charge on any atom is -0.492 e. The third-order valence-electron chi connectivity index (χ3n) is 2.82. The smallest absolute Gasteiger partial charge is 0.252 e. The van der Waals surface area contributed by atoms with Crippen LogP contribution in [0.2, 0.25) is 0 Å². The quantitative estimate of drug-likeness (QED) is 0.824. The summed E-state index contributed by atoms with van der Waals surface area (Å²) in [7, 11) is -1.82. The van der Waals surface area contributed by atoms with Crippen molar-refractivity contribution in [3.8, 4) is 5.75 Å². The summed E-state index contributed by atoms with van der Waals surface area (Å²) >= 11 is 1.22. The standard InChI is InChI=1S/C14H17NO3S2/c1-12-5-3-6-13(11-12)18-9-8-15(2)20(16,17)14-7-4-10-19-14/h3-7,10-11H,8-9H2,1-2H3. The van der Waals surface area contributed by atoms with Gasteiger partial charge in [-0.05, 0) is 36.1 Å². The number of sulfonamides is 1. The highest BCUT2D eigenvalue weighted by molar-refractivity contribution is 7.91. The number of ether oxygens (including phenoxy) is 1. The molecule has 20 heavy (non-hydrogen) atoms. The fourth-order valence-corrected chi connectivity index (χ4v) is 4.04. The van der Waals surface area contributed by atoms with Crippen LogP contribution in [0.5, 0.6) is 5.75 Å². The van der Waals surface area contributed by atoms with Crippen LogP contribution in [0.25, 0.3) is 0 Å². The Morgan fingerprint density at radius 2 is 2.05 bits per heavy atom. The Morgan fingerprint density at radius 3 is 2.70 bits per heavy atom. The SMILES string of the molecule is Cc1cccc(OCCN(C)S(=O)(=O)c2cccs2)c1. The van der Waals surface area contributed by atoms with Crippen LogP contribution >= 0.6 is 11.3 Å². The highest BCUT2D eigenvalue weighted by Crippen LogP contribution is 2.19. The number of rotatable bonds is 6. The normalized spacial score (nSPS) is 11.8. The first-order valence-corrected chi connectivity index (χ1v) is 8.51. The zero-order valence-corrected chi connectivity index (χ0v) is 13.1. The van der Waals surface area contributed by atoms with Gasteiger partial charge >= 0.3 is 0 Å². The Balaban J connectivity index is 1.91. The first-order valence-electron chi connectivity index (χ1n) is 6.19. The van der Waals surface area contributed by atoms with E-state index in [4.69, 9.17) is 4.74 Å². The molecule has 0 radical (unpaired) electrons. The Kier molecular flexibility index (Phi) is 4.80. The molecule has 0 aliphatic carbocycles. The van der Waals surface area contributed by atoms with Gasteiger partial charge in [-0.1, -0.05) is 18.2 Å². The molecule has 0 spiro atoms. The molecule has 1 heterocycles. The number of hydrogen-bond acceptors (Lipinski definition) is 4. The summed E-state index contributed by atoms with van der Waals surface area (Å²) in [5.41, 5.74) is 1.11. The summed E-state index contributed by atoms with van der Waals surface area (Å²) in [6, 6.07) is 11.0. The van der Waals surface area contributed by atoms with E-state index >= 15 is 0 Å². The lowest BCUT2D eigenvalue weighted by Crippen LogP contribution is -2.30. The van der Waals surface area contributed by atoms with E-state index in [2.05, 4.69) is 0 Å². The molecule has 0 saturated heterocycles. The number of hydrogen-bond donors (Lipinski definition) is 0. The third-order valence-corrected chi connectivity index (χ3v) is 6.05. The maximum Gasteiger partial charge on any atom is 0.252 e. The van der Waals surface area contributed by atoms with E-state index in [9.17, 15) is 8.42 Å². The van der Waals surface area contributed by atoms with E-state index in [1.165, 1.54) is 15.6 Å². The number of nitrogens with zero attached hydrogens (tertiary/aromatic N) is 1. The van der Waals surface area contributed by atoms with Crippen molar-refractivity contribution in [1.29, 1.82) is 0 Å². The lowest BCUT2D eigenvalue weighted by Gasteiger charge is -2.16. The minimum atomic E-state index is -3.39. The van der Waals surface area contributed by atoms with Gasteiger partial charge in [0, 0.05) is 13.6 Å². The highest BCUT2D eigenvalue weighted by Gasteiger charge is 2.21. The predicted molar refractivity (Wildman–Crippen MR) is 80.8 cm³/mol. The van der Waals surface area contributed by atoms with Crippen LogP contribution in [0.1, 0.15) is 5.56 Å². The van der Waals surface area contributed by atoms with Crippen molar-refractivity contribution < 1.29 is 13.2 Å². The molecule has 0 N–H and O–H groups in total. The molecule has 2 rings (SSSR count). The molecule has 0 fully saturated rings. The Hall–Kier alpha value is -1.37. The average molecular weight is 311 g/mol. The van der Waals surface area contributed by atoms with Crippen LogP contribution in [-0.4, -0.2) is 32.9 Å². The van der Waals surface area contributed by atoms with Crippen molar-refractivity contribution in [3.05, 3.63) is 47.3 Å². The van der Waals surface area contributed by atoms with Crippen LogP contribution in [0.3, 0.4) is 0 Å². The van der Waals surface area contributed by atoms with Gasteiger partial charge in [0.25, 0.3) is 10.0 Å². The van der Waals surface area contributed by atoms with Crippen molar-refractivity contribution >= 4 is 21.4 Å². The fourth-order valence-electron chi connectivity index (χ4n) is 1.68. The van der Waals surface area contributed by atoms with Crippen LogP contribution in [-0.2, 0) is 10.0 Å². The molecule has 0 saturated carbocycles. The van der Waals surface area contributed by atoms with Gasteiger partial charge in [0.1, 0.15) is 16.6 Å². The zero-order valence-electron chi connectivity index (χ0n) is 11.4. The lowest BCUT2D eigenvalue weighted by atomic mass is 10.2. The Bertz CT molecular complexity index is 651. The monoisotopic (exact) mass is 311 g/mol. The number of aryl methyl sites for hydroxylation is 1. The minimum absolute atomic E-state index is 0.314. The van der Waals surface area contributed by atoms with E-state index in [1.807, 2.05) is 31.2 Å². The lowest BCUT2D eigenvalue weighted by molar-refractivity contribution is 0.287. The molecule has 0 bridgehead atoms. The summed E-state index contributed by atoms with van der Waals surface area (Å²) in [5.74, 6) is 0.756. The molecule has 4 nitrogen and oxygen atoms in total. The van der Waals surface area contributed by atoms with Gasteiger partial charge in [-0.25, -0.2) is 8.42 Å². The largest absolute Gasteiger partial charge is 0.492 e.